The monoisotopic (exact) mass is 655 g/mol. The molecule has 8 nitrogen and oxygen atoms in total. The third-order valence-corrected chi connectivity index (χ3v) is 13.1. The molecule has 1 saturated heterocycles. The van der Waals surface area contributed by atoms with Gasteiger partial charge in [-0.25, -0.2) is 13.0 Å². The lowest BCUT2D eigenvalue weighted by atomic mass is 9.70. The van der Waals surface area contributed by atoms with Crippen molar-refractivity contribution < 1.29 is 31.9 Å². The molecule has 1 aliphatic heterocycles. The van der Waals surface area contributed by atoms with Gasteiger partial charge in [-0.15, -0.1) is 0 Å². The molecule has 10 heteroatoms. The first-order valence-electron chi connectivity index (χ1n) is 14.7. The molecule has 0 amide bonds. The molecule has 3 unspecified atom stereocenters. The zero-order valence-electron chi connectivity index (χ0n) is 25.0. The second-order valence-electron chi connectivity index (χ2n) is 11.2. The van der Waals surface area contributed by atoms with Crippen molar-refractivity contribution in [1.29, 1.82) is 0 Å². The van der Waals surface area contributed by atoms with E-state index >= 15 is 0 Å². The summed E-state index contributed by atoms with van der Waals surface area (Å²) in [6, 6.07) is 41.7. The Balaban J connectivity index is 1.61. The molecule has 1 aliphatic rings. The van der Waals surface area contributed by atoms with Gasteiger partial charge in [-0.2, -0.15) is 0 Å². The van der Waals surface area contributed by atoms with E-state index in [1.807, 2.05) is 60.7 Å². The van der Waals surface area contributed by atoms with Crippen LogP contribution in [0.15, 0.2) is 150 Å². The van der Waals surface area contributed by atoms with E-state index < -0.39 is 39.6 Å². The summed E-state index contributed by atoms with van der Waals surface area (Å²) in [4.78, 5) is 11.3. The first-order valence-corrected chi connectivity index (χ1v) is 18.4. The Hall–Kier alpha value is -3.92. The summed E-state index contributed by atoms with van der Waals surface area (Å²) in [7, 11) is -4.93. The Kier molecular flexibility index (Phi) is 8.85. The van der Waals surface area contributed by atoms with Gasteiger partial charge in [0.25, 0.3) is 9.46 Å². The van der Waals surface area contributed by atoms with Crippen LogP contribution >= 0.6 is 6.80 Å². The fourth-order valence-electron chi connectivity index (χ4n) is 6.08. The number of benzene rings is 5. The van der Waals surface area contributed by atoms with Crippen molar-refractivity contribution in [3.63, 3.8) is 0 Å². The molecule has 5 aromatic carbocycles. The molecule has 46 heavy (non-hydrogen) atoms. The van der Waals surface area contributed by atoms with Crippen LogP contribution in [0.1, 0.15) is 27.8 Å². The second kappa shape index (κ2) is 12.7. The lowest BCUT2D eigenvalue weighted by Gasteiger charge is -2.45. The van der Waals surface area contributed by atoms with Crippen LogP contribution in [0.5, 0.6) is 0 Å². The summed E-state index contributed by atoms with van der Waals surface area (Å²) in [5.41, 5.74) is 6.97. The molecular formula is C36H34NO7PS. The number of rotatable bonds is 10. The van der Waals surface area contributed by atoms with E-state index in [-0.39, 0.29) is 11.7 Å². The van der Waals surface area contributed by atoms with Crippen molar-refractivity contribution >= 4 is 16.3 Å². The van der Waals surface area contributed by atoms with Crippen LogP contribution in [0.3, 0.4) is 0 Å². The highest BCUT2D eigenvalue weighted by molar-refractivity contribution is 8.49. The highest BCUT2D eigenvalue weighted by Crippen LogP contribution is 2.61. The number of hydrogen-bond donors (Lipinski definition) is 2. The second-order valence-corrected chi connectivity index (χ2v) is 16.6. The Morgan fingerprint density at radius 2 is 1.07 bits per heavy atom. The Bertz CT molecular complexity index is 1850. The molecule has 0 saturated carbocycles. The maximum Gasteiger partial charge on any atom is 0.448 e. The van der Waals surface area contributed by atoms with Gasteiger partial charge in [-0.3, -0.25) is 4.52 Å². The molecule has 0 spiro atoms. The van der Waals surface area contributed by atoms with E-state index in [9.17, 15) is 17.9 Å². The van der Waals surface area contributed by atoms with Gasteiger partial charge in [0, 0.05) is 0 Å². The number of hydrogen-bond acceptors (Lipinski definition) is 7. The highest BCUT2D eigenvalue weighted by Gasteiger charge is 2.61. The molecular weight excluding hydrogens is 621 g/mol. The Morgan fingerprint density at radius 3 is 1.50 bits per heavy atom. The standard InChI is InChI=1S/C36H34NO7PS/c1-27-22-24-32(25-23-27)46(40,41)45(38,39)44-36(30-18-10-4-11-19-30,31-20-12-5-13-21-31)34-33(42-26-43-34)35(37,28-14-6-2-7-15-28)29-16-8-3-9-17-29/h2-25,33-34H,26,37H2,1H3,(H,38,39). The molecule has 1 heterocycles. The van der Waals surface area contributed by atoms with Crippen molar-refractivity contribution in [3.8, 4) is 0 Å². The van der Waals surface area contributed by atoms with Crippen LogP contribution in [-0.4, -0.2) is 32.3 Å². The lowest BCUT2D eigenvalue weighted by molar-refractivity contribution is -0.0591. The molecule has 6 rings (SSSR count). The van der Waals surface area contributed by atoms with Gasteiger partial charge in [-0.05, 0) is 41.3 Å². The summed E-state index contributed by atoms with van der Waals surface area (Å²) < 4.78 is 61.2. The van der Waals surface area contributed by atoms with Gasteiger partial charge < -0.3 is 20.1 Å². The lowest BCUT2D eigenvalue weighted by Crippen LogP contribution is -2.59. The van der Waals surface area contributed by atoms with E-state index in [2.05, 4.69) is 0 Å². The van der Waals surface area contributed by atoms with Crippen molar-refractivity contribution in [2.75, 3.05) is 6.79 Å². The minimum absolute atomic E-state index is 0.237. The molecule has 1 fully saturated rings. The van der Waals surface area contributed by atoms with E-state index in [1.165, 1.54) is 12.1 Å². The number of aryl methyl sites for hydroxylation is 1. The highest BCUT2D eigenvalue weighted by atomic mass is 32.8. The van der Waals surface area contributed by atoms with Crippen molar-refractivity contribution in [3.05, 3.63) is 173 Å². The zero-order valence-corrected chi connectivity index (χ0v) is 26.8. The topological polar surface area (TPSA) is 125 Å². The minimum Gasteiger partial charge on any atom is -0.347 e. The van der Waals surface area contributed by atoms with Gasteiger partial charge >= 0.3 is 6.80 Å². The van der Waals surface area contributed by atoms with Crippen LogP contribution in [0.25, 0.3) is 0 Å². The van der Waals surface area contributed by atoms with Gasteiger partial charge in [0.2, 0.25) is 0 Å². The zero-order chi connectivity index (χ0) is 32.4. The third-order valence-electron chi connectivity index (χ3n) is 8.41. The molecule has 236 valence electrons. The molecule has 0 radical (unpaired) electrons. The van der Waals surface area contributed by atoms with Crippen LogP contribution < -0.4 is 5.73 Å². The summed E-state index contributed by atoms with van der Waals surface area (Å²) in [6.45, 7) is -4.01. The summed E-state index contributed by atoms with van der Waals surface area (Å²) in [5.74, 6) is 0. The smallest absolute Gasteiger partial charge is 0.347 e. The molecule has 0 aliphatic carbocycles. The minimum atomic E-state index is -5.56. The summed E-state index contributed by atoms with van der Waals surface area (Å²) >= 11 is 0. The van der Waals surface area contributed by atoms with Gasteiger partial charge in [0.1, 0.15) is 19.0 Å². The molecule has 0 bridgehead atoms. The van der Waals surface area contributed by atoms with Crippen LogP contribution in [0.4, 0.5) is 0 Å². The Morgan fingerprint density at radius 1 is 0.674 bits per heavy atom. The first kappa shape index (κ1) is 32.0. The summed E-state index contributed by atoms with van der Waals surface area (Å²) in [5, 5.41) is 0. The first-order chi connectivity index (χ1) is 22.1. The number of ether oxygens (including phenoxy) is 2. The van der Waals surface area contributed by atoms with Crippen molar-refractivity contribution in [1.82, 2.24) is 0 Å². The van der Waals surface area contributed by atoms with E-state index in [0.717, 1.165) is 5.56 Å². The maximum atomic E-state index is 14.4. The van der Waals surface area contributed by atoms with Crippen LogP contribution in [0.2, 0.25) is 0 Å². The number of nitrogens with two attached hydrogens (primary N) is 1. The fourth-order valence-corrected chi connectivity index (χ4v) is 9.42. The van der Waals surface area contributed by atoms with E-state index in [4.69, 9.17) is 19.7 Å². The molecule has 5 aromatic rings. The Labute approximate surface area is 268 Å². The average molecular weight is 656 g/mol. The van der Waals surface area contributed by atoms with Crippen molar-refractivity contribution in [2.45, 2.75) is 35.2 Å². The van der Waals surface area contributed by atoms with Gasteiger partial charge in [0.15, 0.2) is 5.60 Å². The molecule has 3 atom stereocenters. The summed E-state index contributed by atoms with van der Waals surface area (Å²) in [6.07, 6.45) is -2.27. The van der Waals surface area contributed by atoms with Gasteiger partial charge in [0.05, 0.1) is 10.4 Å². The van der Waals surface area contributed by atoms with E-state index in [0.29, 0.717) is 22.3 Å². The largest absolute Gasteiger partial charge is 0.448 e. The maximum absolute atomic E-state index is 14.4. The molecule has 0 aromatic heterocycles. The van der Waals surface area contributed by atoms with Gasteiger partial charge in [-0.1, -0.05) is 139 Å². The predicted molar refractivity (Wildman–Crippen MR) is 175 cm³/mol. The van der Waals surface area contributed by atoms with Crippen LogP contribution in [-0.2, 0) is 39.2 Å². The van der Waals surface area contributed by atoms with Crippen LogP contribution in [0, 0.1) is 6.92 Å². The quantitative estimate of drug-likeness (QED) is 0.164. The molecule has 3 N–H and O–H groups in total. The average Bonchev–Trinajstić information content (AvgIpc) is 3.60. The fraction of sp³-hybridized carbons (Fsp3) is 0.167. The van der Waals surface area contributed by atoms with Crippen molar-refractivity contribution in [2.24, 2.45) is 5.73 Å². The SMILES string of the molecule is Cc1ccc(S(=O)(=O)P(=O)(O)OC(c2ccccc2)(c2ccccc2)C2OCOC2C(N)(c2ccccc2)c2ccccc2)cc1. The predicted octanol–water partition coefficient (Wildman–Crippen LogP) is 6.47. The van der Waals surface area contributed by atoms with E-state index in [1.54, 1.807) is 79.7 Å². The normalized spacial score (nSPS) is 18.6. The third kappa shape index (κ3) is 5.54.